The Kier molecular flexibility index (Phi) is 7.34. The van der Waals surface area contributed by atoms with E-state index in [0.717, 1.165) is 31.2 Å². The highest BCUT2D eigenvalue weighted by molar-refractivity contribution is 7.99. The van der Waals surface area contributed by atoms with Gasteiger partial charge in [-0.1, -0.05) is 24.6 Å². The van der Waals surface area contributed by atoms with E-state index >= 15 is 0 Å². The average Bonchev–Trinajstić information content (AvgIpc) is 2.40. The van der Waals surface area contributed by atoms with Gasteiger partial charge in [0.1, 0.15) is 0 Å². The molecule has 0 bridgehead atoms. The zero-order valence-electron chi connectivity index (χ0n) is 11.5. The number of guanidine groups is 1. The van der Waals surface area contributed by atoms with E-state index in [-0.39, 0.29) is 0 Å². The van der Waals surface area contributed by atoms with E-state index in [9.17, 15) is 0 Å². The first-order valence-corrected chi connectivity index (χ1v) is 7.38. The Hall–Kier alpha value is -1.16. The second-order valence-corrected chi connectivity index (χ2v) is 5.26. The summed E-state index contributed by atoms with van der Waals surface area (Å²) in [5, 5.41) is 6.56. The molecule has 0 aliphatic heterocycles. The Bertz CT molecular complexity index is 360. The van der Waals surface area contributed by atoms with Gasteiger partial charge >= 0.3 is 0 Å². The van der Waals surface area contributed by atoms with E-state index in [1.54, 1.807) is 7.05 Å². The van der Waals surface area contributed by atoms with Crippen molar-refractivity contribution >= 4 is 17.7 Å². The van der Waals surface area contributed by atoms with Crippen LogP contribution in [0.4, 0.5) is 0 Å². The van der Waals surface area contributed by atoms with Crippen LogP contribution in [0, 0.1) is 6.92 Å². The summed E-state index contributed by atoms with van der Waals surface area (Å²) >= 11 is 1.86. The Morgan fingerprint density at radius 2 is 1.83 bits per heavy atom. The zero-order valence-corrected chi connectivity index (χ0v) is 12.3. The molecule has 0 aliphatic carbocycles. The monoisotopic (exact) mass is 265 g/mol. The molecule has 0 saturated carbocycles. The molecular formula is C14H23N3S. The molecule has 0 atom stereocenters. The van der Waals surface area contributed by atoms with Crippen LogP contribution in [-0.4, -0.2) is 31.8 Å². The molecule has 4 heteroatoms. The molecule has 100 valence electrons. The van der Waals surface area contributed by atoms with Crippen LogP contribution in [0.5, 0.6) is 0 Å². The van der Waals surface area contributed by atoms with Crippen LogP contribution in [0.3, 0.4) is 0 Å². The van der Waals surface area contributed by atoms with Gasteiger partial charge in [0.15, 0.2) is 5.96 Å². The number of benzene rings is 1. The van der Waals surface area contributed by atoms with Crippen molar-refractivity contribution in [3.63, 3.8) is 0 Å². The zero-order chi connectivity index (χ0) is 13.2. The van der Waals surface area contributed by atoms with Crippen molar-refractivity contribution in [2.24, 2.45) is 4.99 Å². The molecule has 0 aromatic heterocycles. The third kappa shape index (κ3) is 5.96. The minimum Gasteiger partial charge on any atom is -0.356 e. The highest BCUT2D eigenvalue weighted by atomic mass is 32.2. The number of rotatable bonds is 6. The lowest BCUT2D eigenvalue weighted by Crippen LogP contribution is -2.38. The number of nitrogens with zero attached hydrogens (tertiary/aromatic N) is 1. The van der Waals surface area contributed by atoms with E-state index in [1.165, 1.54) is 10.5 Å². The standard InChI is InChI=1S/C14H23N3S/c1-4-9-16-14(15-3)17-10-11-18-13-7-5-12(2)6-8-13/h5-8H,4,9-11H2,1-3H3,(H2,15,16,17). The Morgan fingerprint density at radius 1 is 1.17 bits per heavy atom. The molecular weight excluding hydrogens is 242 g/mol. The van der Waals surface area contributed by atoms with Crippen molar-refractivity contribution in [3.8, 4) is 0 Å². The molecule has 0 heterocycles. The average molecular weight is 265 g/mol. The van der Waals surface area contributed by atoms with Gasteiger partial charge in [-0.2, -0.15) is 0 Å². The number of aryl methyl sites for hydroxylation is 1. The normalized spacial score (nSPS) is 11.4. The number of thioether (sulfide) groups is 1. The quantitative estimate of drug-likeness (QED) is 0.359. The lowest BCUT2D eigenvalue weighted by molar-refractivity contribution is 0.795. The predicted molar refractivity (Wildman–Crippen MR) is 81.6 cm³/mol. The lowest BCUT2D eigenvalue weighted by Gasteiger charge is -2.10. The molecule has 1 aromatic carbocycles. The first-order chi connectivity index (χ1) is 8.76. The molecule has 1 rings (SSSR count). The smallest absolute Gasteiger partial charge is 0.191 e. The maximum Gasteiger partial charge on any atom is 0.191 e. The molecule has 1 aromatic rings. The van der Waals surface area contributed by atoms with E-state index in [2.05, 4.69) is 53.7 Å². The first kappa shape index (κ1) is 14.9. The second kappa shape index (κ2) is 8.86. The predicted octanol–water partition coefficient (Wildman–Crippen LogP) is 2.66. The highest BCUT2D eigenvalue weighted by Crippen LogP contribution is 2.17. The third-order valence-corrected chi connectivity index (χ3v) is 3.46. The van der Waals surface area contributed by atoms with Crippen molar-refractivity contribution in [2.45, 2.75) is 25.2 Å². The summed E-state index contributed by atoms with van der Waals surface area (Å²) in [6, 6.07) is 8.64. The molecule has 0 fully saturated rings. The van der Waals surface area contributed by atoms with Crippen LogP contribution < -0.4 is 10.6 Å². The fraction of sp³-hybridized carbons (Fsp3) is 0.500. The van der Waals surface area contributed by atoms with Crippen LogP contribution in [0.25, 0.3) is 0 Å². The number of hydrogen-bond acceptors (Lipinski definition) is 2. The molecule has 0 unspecified atom stereocenters. The number of hydrogen-bond donors (Lipinski definition) is 2. The molecule has 0 aliphatic rings. The minimum atomic E-state index is 0.890. The van der Waals surface area contributed by atoms with Gasteiger partial charge in [0.2, 0.25) is 0 Å². The van der Waals surface area contributed by atoms with Crippen LogP contribution in [0.1, 0.15) is 18.9 Å². The Balaban J connectivity index is 2.19. The molecule has 0 radical (unpaired) electrons. The lowest BCUT2D eigenvalue weighted by atomic mass is 10.2. The minimum absolute atomic E-state index is 0.890. The van der Waals surface area contributed by atoms with Gasteiger partial charge in [0.05, 0.1) is 0 Å². The van der Waals surface area contributed by atoms with Gasteiger partial charge in [0.25, 0.3) is 0 Å². The van der Waals surface area contributed by atoms with Gasteiger partial charge in [-0.15, -0.1) is 11.8 Å². The summed E-state index contributed by atoms with van der Waals surface area (Å²) in [5.41, 5.74) is 1.31. The van der Waals surface area contributed by atoms with Crippen molar-refractivity contribution in [1.82, 2.24) is 10.6 Å². The Morgan fingerprint density at radius 3 is 2.44 bits per heavy atom. The fourth-order valence-corrected chi connectivity index (χ4v) is 2.21. The summed E-state index contributed by atoms with van der Waals surface area (Å²) < 4.78 is 0. The third-order valence-electron chi connectivity index (χ3n) is 2.45. The van der Waals surface area contributed by atoms with Gasteiger partial charge < -0.3 is 10.6 Å². The second-order valence-electron chi connectivity index (χ2n) is 4.09. The van der Waals surface area contributed by atoms with Crippen LogP contribution in [-0.2, 0) is 0 Å². The highest BCUT2D eigenvalue weighted by Gasteiger charge is 1.96. The Labute approximate surface area is 114 Å². The molecule has 0 amide bonds. The summed E-state index contributed by atoms with van der Waals surface area (Å²) in [4.78, 5) is 5.49. The van der Waals surface area contributed by atoms with Gasteiger partial charge in [0, 0.05) is 30.8 Å². The summed E-state index contributed by atoms with van der Waals surface area (Å²) in [6.07, 6.45) is 1.11. The number of nitrogens with one attached hydrogen (secondary N) is 2. The fourth-order valence-electron chi connectivity index (χ4n) is 1.44. The van der Waals surface area contributed by atoms with Crippen molar-refractivity contribution in [3.05, 3.63) is 29.8 Å². The van der Waals surface area contributed by atoms with E-state index in [0.29, 0.717) is 0 Å². The molecule has 2 N–H and O–H groups in total. The SMILES string of the molecule is CCCNC(=NC)NCCSc1ccc(C)cc1. The summed E-state index contributed by atoms with van der Waals surface area (Å²) in [7, 11) is 1.80. The topological polar surface area (TPSA) is 36.4 Å². The maximum atomic E-state index is 4.17. The van der Waals surface area contributed by atoms with E-state index in [1.807, 2.05) is 11.8 Å². The van der Waals surface area contributed by atoms with Crippen molar-refractivity contribution in [1.29, 1.82) is 0 Å². The summed E-state index contributed by atoms with van der Waals surface area (Å²) in [5.74, 6) is 1.93. The maximum absolute atomic E-state index is 4.17. The van der Waals surface area contributed by atoms with Crippen molar-refractivity contribution in [2.75, 3.05) is 25.9 Å². The first-order valence-electron chi connectivity index (χ1n) is 6.40. The van der Waals surface area contributed by atoms with Crippen LogP contribution in [0.15, 0.2) is 34.2 Å². The molecule has 0 saturated heterocycles. The molecule has 0 spiro atoms. The van der Waals surface area contributed by atoms with E-state index in [4.69, 9.17) is 0 Å². The van der Waals surface area contributed by atoms with Gasteiger partial charge in [-0.3, -0.25) is 4.99 Å². The van der Waals surface area contributed by atoms with Gasteiger partial charge in [-0.25, -0.2) is 0 Å². The van der Waals surface area contributed by atoms with Crippen molar-refractivity contribution < 1.29 is 0 Å². The van der Waals surface area contributed by atoms with Crippen LogP contribution in [0.2, 0.25) is 0 Å². The summed E-state index contributed by atoms with van der Waals surface area (Å²) in [6.45, 7) is 6.14. The number of aliphatic imine (C=N–C) groups is 1. The van der Waals surface area contributed by atoms with Gasteiger partial charge in [-0.05, 0) is 25.5 Å². The molecule has 3 nitrogen and oxygen atoms in total. The van der Waals surface area contributed by atoms with E-state index < -0.39 is 0 Å². The molecule has 18 heavy (non-hydrogen) atoms. The largest absolute Gasteiger partial charge is 0.356 e. The van der Waals surface area contributed by atoms with Crippen LogP contribution >= 0.6 is 11.8 Å².